The van der Waals surface area contributed by atoms with Crippen molar-refractivity contribution in [3.05, 3.63) is 36.4 Å². The van der Waals surface area contributed by atoms with Crippen LogP contribution in [-0.4, -0.2) is 24.2 Å². The van der Waals surface area contributed by atoms with E-state index in [0.29, 0.717) is 6.61 Å². The second-order valence-electron chi connectivity index (χ2n) is 5.03. The molecule has 1 aliphatic rings. The number of nitrogens with zero attached hydrogens (tertiary/aromatic N) is 1. The molecule has 4 nitrogen and oxygen atoms in total. The molecule has 0 aliphatic heterocycles. The van der Waals surface area contributed by atoms with E-state index in [1.54, 1.807) is 6.20 Å². The molecule has 1 N–H and O–H groups in total. The third kappa shape index (κ3) is 3.20. The molecule has 0 unspecified atom stereocenters. The first-order valence-corrected chi connectivity index (χ1v) is 7.27. The summed E-state index contributed by atoms with van der Waals surface area (Å²) in [7, 11) is 0. The van der Waals surface area contributed by atoms with Gasteiger partial charge in [-0.15, -0.1) is 0 Å². The SMILES string of the molecule is CCOc1ccccc1-c1cnc(CCNC2CC2)o1. The van der Waals surface area contributed by atoms with Crippen molar-refractivity contribution in [2.45, 2.75) is 32.2 Å². The summed E-state index contributed by atoms with van der Waals surface area (Å²) in [5, 5.41) is 3.46. The molecular weight excluding hydrogens is 252 g/mol. The first-order chi connectivity index (χ1) is 9.86. The molecule has 1 aromatic carbocycles. The quantitative estimate of drug-likeness (QED) is 0.841. The zero-order valence-electron chi connectivity index (χ0n) is 11.8. The van der Waals surface area contributed by atoms with Crippen molar-refractivity contribution in [2.24, 2.45) is 0 Å². The third-order valence-corrected chi connectivity index (χ3v) is 3.36. The highest BCUT2D eigenvalue weighted by atomic mass is 16.5. The Morgan fingerprint density at radius 2 is 2.20 bits per heavy atom. The Labute approximate surface area is 119 Å². The summed E-state index contributed by atoms with van der Waals surface area (Å²) < 4.78 is 11.4. The molecule has 1 aliphatic carbocycles. The minimum atomic E-state index is 0.642. The fraction of sp³-hybridized carbons (Fsp3) is 0.438. The van der Waals surface area contributed by atoms with E-state index >= 15 is 0 Å². The number of aromatic nitrogens is 1. The number of nitrogens with one attached hydrogen (secondary N) is 1. The van der Waals surface area contributed by atoms with Crippen LogP contribution >= 0.6 is 0 Å². The number of rotatable bonds is 7. The molecule has 20 heavy (non-hydrogen) atoms. The molecular formula is C16H20N2O2. The maximum absolute atomic E-state index is 5.83. The highest BCUT2D eigenvalue weighted by Crippen LogP contribution is 2.30. The Bertz CT molecular complexity index is 561. The van der Waals surface area contributed by atoms with Gasteiger partial charge in [0.25, 0.3) is 0 Å². The van der Waals surface area contributed by atoms with E-state index in [2.05, 4.69) is 10.3 Å². The normalized spacial score (nSPS) is 14.4. The molecule has 1 saturated carbocycles. The molecule has 106 valence electrons. The highest BCUT2D eigenvalue weighted by Gasteiger charge is 2.20. The van der Waals surface area contributed by atoms with Crippen LogP contribution in [0, 0.1) is 0 Å². The molecule has 0 amide bonds. The van der Waals surface area contributed by atoms with Crippen LogP contribution in [0.5, 0.6) is 5.75 Å². The lowest BCUT2D eigenvalue weighted by molar-refractivity contribution is 0.340. The van der Waals surface area contributed by atoms with Crippen LogP contribution in [0.1, 0.15) is 25.7 Å². The molecule has 0 saturated heterocycles. The van der Waals surface area contributed by atoms with E-state index in [4.69, 9.17) is 9.15 Å². The molecule has 0 spiro atoms. The van der Waals surface area contributed by atoms with Crippen LogP contribution in [0.4, 0.5) is 0 Å². The van der Waals surface area contributed by atoms with Gasteiger partial charge in [0, 0.05) is 19.0 Å². The largest absolute Gasteiger partial charge is 0.493 e. The monoisotopic (exact) mass is 272 g/mol. The van der Waals surface area contributed by atoms with E-state index in [1.807, 2.05) is 31.2 Å². The van der Waals surface area contributed by atoms with Crippen molar-refractivity contribution in [3.8, 4) is 17.1 Å². The minimum absolute atomic E-state index is 0.642. The Kier molecular flexibility index (Phi) is 4.02. The first kappa shape index (κ1) is 13.2. The molecule has 1 aromatic heterocycles. The number of benzene rings is 1. The Morgan fingerprint density at radius 3 is 3.00 bits per heavy atom. The van der Waals surface area contributed by atoms with Gasteiger partial charge in [-0.2, -0.15) is 0 Å². The lowest BCUT2D eigenvalue weighted by atomic mass is 10.1. The fourth-order valence-electron chi connectivity index (χ4n) is 2.17. The van der Waals surface area contributed by atoms with Crippen LogP contribution in [-0.2, 0) is 6.42 Å². The Hall–Kier alpha value is -1.81. The van der Waals surface area contributed by atoms with E-state index in [-0.39, 0.29) is 0 Å². The second-order valence-corrected chi connectivity index (χ2v) is 5.03. The second kappa shape index (κ2) is 6.09. The van der Waals surface area contributed by atoms with Gasteiger partial charge in [0.15, 0.2) is 11.7 Å². The molecule has 0 bridgehead atoms. The van der Waals surface area contributed by atoms with Crippen LogP contribution < -0.4 is 10.1 Å². The minimum Gasteiger partial charge on any atom is -0.493 e. The topological polar surface area (TPSA) is 47.3 Å². The number of hydrogen-bond donors (Lipinski definition) is 1. The van der Waals surface area contributed by atoms with Gasteiger partial charge in [0.2, 0.25) is 0 Å². The van der Waals surface area contributed by atoms with Crippen molar-refractivity contribution in [3.63, 3.8) is 0 Å². The molecule has 3 rings (SSSR count). The highest BCUT2D eigenvalue weighted by molar-refractivity contribution is 5.64. The Morgan fingerprint density at radius 1 is 1.35 bits per heavy atom. The maximum Gasteiger partial charge on any atom is 0.196 e. The predicted molar refractivity (Wildman–Crippen MR) is 77.8 cm³/mol. The molecule has 1 heterocycles. The van der Waals surface area contributed by atoms with E-state index < -0.39 is 0 Å². The summed E-state index contributed by atoms with van der Waals surface area (Å²) in [4.78, 5) is 4.35. The smallest absolute Gasteiger partial charge is 0.196 e. The molecule has 0 atom stereocenters. The van der Waals surface area contributed by atoms with Gasteiger partial charge in [-0.1, -0.05) is 12.1 Å². The zero-order valence-corrected chi connectivity index (χ0v) is 11.8. The lowest BCUT2D eigenvalue weighted by Crippen LogP contribution is -2.19. The average molecular weight is 272 g/mol. The van der Waals surface area contributed by atoms with Gasteiger partial charge in [0.1, 0.15) is 5.75 Å². The van der Waals surface area contributed by atoms with Crippen molar-refractivity contribution < 1.29 is 9.15 Å². The fourth-order valence-corrected chi connectivity index (χ4v) is 2.17. The molecule has 4 heteroatoms. The van der Waals surface area contributed by atoms with Crippen molar-refractivity contribution in [2.75, 3.05) is 13.2 Å². The van der Waals surface area contributed by atoms with Gasteiger partial charge in [-0.3, -0.25) is 0 Å². The maximum atomic E-state index is 5.83. The van der Waals surface area contributed by atoms with Gasteiger partial charge in [-0.25, -0.2) is 4.98 Å². The van der Waals surface area contributed by atoms with Gasteiger partial charge in [-0.05, 0) is 31.9 Å². The number of ether oxygens (including phenoxy) is 1. The van der Waals surface area contributed by atoms with E-state index in [1.165, 1.54) is 12.8 Å². The summed E-state index contributed by atoms with van der Waals surface area (Å²) in [5.74, 6) is 2.39. The summed E-state index contributed by atoms with van der Waals surface area (Å²) >= 11 is 0. The Balaban J connectivity index is 1.68. The van der Waals surface area contributed by atoms with Gasteiger partial charge >= 0.3 is 0 Å². The van der Waals surface area contributed by atoms with Crippen LogP contribution in [0.15, 0.2) is 34.9 Å². The lowest BCUT2D eigenvalue weighted by Gasteiger charge is -2.07. The summed E-state index contributed by atoms with van der Waals surface area (Å²) in [6.07, 6.45) is 5.22. The van der Waals surface area contributed by atoms with Crippen molar-refractivity contribution in [1.29, 1.82) is 0 Å². The zero-order chi connectivity index (χ0) is 13.8. The summed E-state index contributed by atoms with van der Waals surface area (Å²) in [5.41, 5.74) is 0.961. The van der Waals surface area contributed by atoms with Gasteiger partial charge in [0.05, 0.1) is 18.4 Å². The number of hydrogen-bond acceptors (Lipinski definition) is 4. The predicted octanol–water partition coefficient (Wildman–Crippen LogP) is 3.03. The number of oxazole rings is 1. The first-order valence-electron chi connectivity index (χ1n) is 7.27. The standard InChI is InChI=1S/C16H20N2O2/c1-2-19-14-6-4-3-5-13(14)15-11-18-16(20-15)9-10-17-12-7-8-12/h3-6,11-12,17H,2,7-10H2,1H3. The van der Waals surface area contributed by atoms with E-state index in [0.717, 1.165) is 42.0 Å². The van der Waals surface area contributed by atoms with Crippen LogP contribution in [0.25, 0.3) is 11.3 Å². The van der Waals surface area contributed by atoms with Crippen molar-refractivity contribution >= 4 is 0 Å². The summed E-state index contributed by atoms with van der Waals surface area (Å²) in [6, 6.07) is 8.62. The van der Waals surface area contributed by atoms with E-state index in [9.17, 15) is 0 Å². The third-order valence-electron chi connectivity index (χ3n) is 3.36. The van der Waals surface area contributed by atoms with Crippen LogP contribution in [0.2, 0.25) is 0 Å². The molecule has 1 fully saturated rings. The van der Waals surface area contributed by atoms with Crippen molar-refractivity contribution in [1.82, 2.24) is 10.3 Å². The number of para-hydroxylation sites is 1. The molecule has 0 radical (unpaired) electrons. The average Bonchev–Trinajstić information content (AvgIpc) is 3.17. The van der Waals surface area contributed by atoms with Gasteiger partial charge < -0.3 is 14.5 Å². The van der Waals surface area contributed by atoms with Crippen LogP contribution in [0.3, 0.4) is 0 Å². The summed E-state index contributed by atoms with van der Waals surface area (Å²) in [6.45, 7) is 3.55. The molecule has 2 aromatic rings.